The molecule has 18 heavy (non-hydrogen) atoms. The number of nitrogens with one attached hydrogen (secondary N) is 1. The molecule has 0 bridgehead atoms. The van der Waals surface area contributed by atoms with Gasteiger partial charge in [-0.3, -0.25) is 4.79 Å². The number of rotatable bonds is 5. The maximum Gasteiger partial charge on any atom is 0.222 e. The fourth-order valence-electron chi connectivity index (χ4n) is 1.40. The molecule has 0 radical (unpaired) electrons. The highest BCUT2D eigenvalue weighted by Crippen LogP contribution is 2.06. The van der Waals surface area contributed by atoms with Gasteiger partial charge in [-0.25, -0.2) is 0 Å². The quantitative estimate of drug-likeness (QED) is 0.828. The summed E-state index contributed by atoms with van der Waals surface area (Å²) in [6.45, 7) is 4.16. The number of hydrogen-bond acceptors (Lipinski definition) is 3. The lowest BCUT2D eigenvalue weighted by atomic mass is 10.0. The molecule has 1 amide bonds. The molecule has 1 atom stereocenters. The zero-order valence-electron chi connectivity index (χ0n) is 10.7. The van der Waals surface area contributed by atoms with Gasteiger partial charge in [-0.05, 0) is 23.6 Å². The molecule has 0 fully saturated rings. The monoisotopic (exact) mass is 246 g/mol. The van der Waals surface area contributed by atoms with Crippen molar-refractivity contribution in [2.24, 2.45) is 5.92 Å². The van der Waals surface area contributed by atoms with Crippen LogP contribution in [0.1, 0.15) is 31.4 Å². The second-order valence-corrected chi connectivity index (χ2v) is 4.60. The van der Waals surface area contributed by atoms with E-state index in [1.165, 1.54) is 0 Å². The van der Waals surface area contributed by atoms with Crippen LogP contribution < -0.4 is 5.32 Å². The zero-order valence-corrected chi connectivity index (χ0v) is 10.7. The number of hydrogen-bond donors (Lipinski definition) is 2. The van der Waals surface area contributed by atoms with Gasteiger partial charge in [-0.15, -0.1) is 0 Å². The Labute approximate surface area is 107 Å². The second kappa shape index (κ2) is 6.77. The fraction of sp³-hybridized carbons (Fsp3) is 0.429. The largest absolute Gasteiger partial charge is 0.392 e. The van der Waals surface area contributed by atoms with Crippen molar-refractivity contribution in [1.29, 1.82) is 5.26 Å². The fourth-order valence-corrected chi connectivity index (χ4v) is 1.40. The molecular weight excluding hydrogens is 228 g/mol. The van der Waals surface area contributed by atoms with Gasteiger partial charge in [0.2, 0.25) is 5.91 Å². The van der Waals surface area contributed by atoms with E-state index in [1.807, 2.05) is 19.9 Å². The molecule has 0 spiro atoms. The number of carbonyl (C=O) groups excluding carboxylic acids is 1. The highest BCUT2D eigenvalue weighted by atomic mass is 16.3. The molecular formula is C14H18N2O2. The normalized spacial score (nSPS) is 11.9. The van der Waals surface area contributed by atoms with E-state index in [4.69, 9.17) is 5.26 Å². The Morgan fingerprint density at radius 3 is 2.50 bits per heavy atom. The van der Waals surface area contributed by atoms with Gasteiger partial charge in [0.25, 0.3) is 0 Å². The number of amides is 1. The van der Waals surface area contributed by atoms with E-state index in [-0.39, 0.29) is 18.2 Å². The summed E-state index contributed by atoms with van der Waals surface area (Å²) in [7, 11) is 0. The van der Waals surface area contributed by atoms with E-state index in [0.29, 0.717) is 12.1 Å². The Bertz CT molecular complexity index is 432. The minimum absolute atomic E-state index is 0.0747. The number of aliphatic hydroxyl groups excluding tert-OH is 1. The van der Waals surface area contributed by atoms with Crippen molar-refractivity contribution in [1.82, 2.24) is 5.32 Å². The van der Waals surface area contributed by atoms with Crippen LogP contribution >= 0.6 is 0 Å². The van der Waals surface area contributed by atoms with Crippen molar-refractivity contribution >= 4 is 5.91 Å². The zero-order chi connectivity index (χ0) is 13.5. The average molecular weight is 246 g/mol. The molecule has 4 nitrogen and oxygen atoms in total. The molecule has 1 aromatic carbocycles. The molecule has 0 aliphatic rings. The lowest BCUT2D eigenvalue weighted by Crippen LogP contribution is -2.29. The third kappa shape index (κ3) is 4.56. The van der Waals surface area contributed by atoms with E-state index in [2.05, 4.69) is 5.32 Å². The SMILES string of the molecule is CC(C)C(O)CC(=O)NCc1ccc(C#N)cc1. The first-order valence-corrected chi connectivity index (χ1v) is 5.96. The van der Waals surface area contributed by atoms with Crippen LogP contribution in [0.15, 0.2) is 24.3 Å². The first-order chi connectivity index (χ1) is 8.52. The number of aliphatic hydroxyl groups is 1. The van der Waals surface area contributed by atoms with E-state index < -0.39 is 6.10 Å². The maximum atomic E-state index is 11.5. The first kappa shape index (κ1) is 14.2. The lowest BCUT2D eigenvalue weighted by Gasteiger charge is -2.13. The highest BCUT2D eigenvalue weighted by molar-refractivity contribution is 5.76. The van der Waals surface area contributed by atoms with Crippen molar-refractivity contribution in [3.05, 3.63) is 35.4 Å². The van der Waals surface area contributed by atoms with Gasteiger partial charge in [-0.1, -0.05) is 26.0 Å². The first-order valence-electron chi connectivity index (χ1n) is 5.96. The van der Waals surface area contributed by atoms with Crippen molar-refractivity contribution in [2.75, 3.05) is 0 Å². The molecule has 0 saturated carbocycles. The Hall–Kier alpha value is -1.86. The molecule has 1 unspecified atom stereocenters. The van der Waals surface area contributed by atoms with Crippen LogP contribution in [-0.4, -0.2) is 17.1 Å². The van der Waals surface area contributed by atoms with Crippen molar-refractivity contribution < 1.29 is 9.90 Å². The van der Waals surface area contributed by atoms with Crippen LogP contribution in [0.3, 0.4) is 0 Å². The van der Waals surface area contributed by atoms with Crippen LogP contribution in [0.25, 0.3) is 0 Å². The Morgan fingerprint density at radius 1 is 1.39 bits per heavy atom. The molecule has 1 rings (SSSR count). The van der Waals surface area contributed by atoms with Gasteiger partial charge in [0.15, 0.2) is 0 Å². The summed E-state index contributed by atoms with van der Waals surface area (Å²) >= 11 is 0. The number of nitriles is 1. The minimum Gasteiger partial charge on any atom is -0.392 e. The number of carbonyl (C=O) groups is 1. The Morgan fingerprint density at radius 2 is 2.00 bits per heavy atom. The molecule has 4 heteroatoms. The van der Waals surface area contributed by atoms with Crippen LogP contribution in [0.4, 0.5) is 0 Å². The van der Waals surface area contributed by atoms with Crippen LogP contribution in [0.2, 0.25) is 0 Å². The predicted molar refractivity (Wildman–Crippen MR) is 68.5 cm³/mol. The van der Waals surface area contributed by atoms with Crippen LogP contribution in [0.5, 0.6) is 0 Å². The summed E-state index contributed by atoms with van der Waals surface area (Å²) < 4.78 is 0. The highest BCUT2D eigenvalue weighted by Gasteiger charge is 2.13. The van der Waals surface area contributed by atoms with Gasteiger partial charge in [0.1, 0.15) is 0 Å². The third-order valence-electron chi connectivity index (χ3n) is 2.74. The molecule has 0 heterocycles. The summed E-state index contributed by atoms with van der Waals surface area (Å²) in [5.74, 6) is -0.0915. The number of nitrogens with zero attached hydrogens (tertiary/aromatic N) is 1. The van der Waals surface area contributed by atoms with Gasteiger partial charge >= 0.3 is 0 Å². The minimum atomic E-state index is -0.606. The maximum absolute atomic E-state index is 11.5. The third-order valence-corrected chi connectivity index (χ3v) is 2.74. The van der Waals surface area contributed by atoms with Gasteiger partial charge < -0.3 is 10.4 Å². The summed E-state index contributed by atoms with van der Waals surface area (Å²) in [4.78, 5) is 11.5. The Kier molecular flexibility index (Phi) is 5.34. The topological polar surface area (TPSA) is 73.1 Å². The van der Waals surface area contributed by atoms with Gasteiger partial charge in [-0.2, -0.15) is 5.26 Å². The van der Waals surface area contributed by atoms with Crippen molar-refractivity contribution in [3.8, 4) is 6.07 Å². The van der Waals surface area contributed by atoms with E-state index in [9.17, 15) is 9.90 Å². The summed E-state index contributed by atoms with van der Waals surface area (Å²) in [5.41, 5.74) is 1.53. The van der Waals surface area contributed by atoms with Gasteiger partial charge in [0.05, 0.1) is 24.2 Å². The van der Waals surface area contributed by atoms with E-state index in [0.717, 1.165) is 5.56 Å². The summed E-state index contributed by atoms with van der Waals surface area (Å²) in [5, 5.41) is 21.0. The van der Waals surface area contributed by atoms with Crippen LogP contribution in [0, 0.1) is 17.2 Å². The predicted octanol–water partition coefficient (Wildman–Crippen LogP) is 1.58. The molecule has 1 aromatic rings. The van der Waals surface area contributed by atoms with Gasteiger partial charge in [0, 0.05) is 6.54 Å². The molecule has 0 aromatic heterocycles. The molecule has 96 valence electrons. The smallest absolute Gasteiger partial charge is 0.222 e. The summed E-state index contributed by atoms with van der Waals surface area (Å²) in [6.07, 6.45) is -0.487. The molecule has 0 saturated heterocycles. The lowest BCUT2D eigenvalue weighted by molar-refractivity contribution is -0.123. The molecule has 0 aliphatic carbocycles. The van der Waals surface area contributed by atoms with Crippen LogP contribution in [-0.2, 0) is 11.3 Å². The molecule has 0 aliphatic heterocycles. The van der Waals surface area contributed by atoms with Crippen molar-refractivity contribution in [2.45, 2.75) is 32.9 Å². The van der Waals surface area contributed by atoms with Crippen molar-refractivity contribution in [3.63, 3.8) is 0 Å². The average Bonchev–Trinajstić information content (AvgIpc) is 2.36. The van der Waals surface area contributed by atoms with E-state index >= 15 is 0 Å². The number of benzene rings is 1. The van der Waals surface area contributed by atoms with E-state index in [1.54, 1.807) is 24.3 Å². The second-order valence-electron chi connectivity index (χ2n) is 4.60. The Balaban J connectivity index is 2.40. The standard InChI is InChI=1S/C14H18N2O2/c1-10(2)13(17)7-14(18)16-9-12-5-3-11(8-15)4-6-12/h3-6,10,13,17H,7,9H2,1-2H3,(H,16,18). The summed E-state index contributed by atoms with van der Waals surface area (Å²) in [6, 6.07) is 9.07. The molecule has 2 N–H and O–H groups in total.